The second-order valence-corrected chi connectivity index (χ2v) is 16.0. The minimum atomic E-state index is -0.564. The summed E-state index contributed by atoms with van der Waals surface area (Å²) in [5, 5.41) is 0. The summed E-state index contributed by atoms with van der Waals surface area (Å²) in [6, 6.07) is 0. The predicted octanol–water partition coefficient (Wildman–Crippen LogP) is 16.3. The van der Waals surface area contributed by atoms with E-state index in [4.69, 9.17) is 14.2 Å². The monoisotopic (exact) mass is 809 g/mol. The van der Waals surface area contributed by atoms with Crippen LogP contribution in [0.1, 0.15) is 226 Å². The molecular weight excluding hydrogens is 717 g/mol. The van der Waals surface area contributed by atoms with Gasteiger partial charge in [0.15, 0.2) is 6.10 Å². The third-order valence-electron chi connectivity index (χ3n) is 10.2. The Balaban J connectivity index is 4.24. The number of unbranched alkanes of at least 4 members (excludes halogenated alkanes) is 21. The second kappa shape index (κ2) is 48.7. The summed E-state index contributed by atoms with van der Waals surface area (Å²) in [7, 11) is 0. The summed E-state index contributed by atoms with van der Waals surface area (Å²) in [5.74, 6) is -0.493. The van der Waals surface area contributed by atoms with E-state index >= 15 is 0 Å². The van der Waals surface area contributed by atoms with Gasteiger partial charge >= 0.3 is 11.9 Å². The summed E-state index contributed by atoms with van der Waals surface area (Å²) in [5.41, 5.74) is 0. The van der Waals surface area contributed by atoms with Gasteiger partial charge in [-0.05, 0) is 77.0 Å². The molecule has 0 aromatic heterocycles. The Kier molecular flexibility index (Phi) is 46.5. The number of esters is 2. The van der Waals surface area contributed by atoms with E-state index in [0.29, 0.717) is 25.9 Å². The van der Waals surface area contributed by atoms with E-state index in [9.17, 15) is 9.59 Å². The molecule has 0 saturated carbocycles. The van der Waals surface area contributed by atoms with Crippen molar-refractivity contribution >= 4 is 11.9 Å². The molecule has 0 aliphatic heterocycles. The van der Waals surface area contributed by atoms with Gasteiger partial charge in [-0.3, -0.25) is 9.59 Å². The normalized spacial score (nSPS) is 12.8. The van der Waals surface area contributed by atoms with E-state index in [1.54, 1.807) is 0 Å². The van der Waals surface area contributed by atoms with Crippen molar-refractivity contribution < 1.29 is 23.8 Å². The summed E-state index contributed by atoms with van der Waals surface area (Å²) in [6.07, 6.45) is 62.1. The first-order valence-electron chi connectivity index (χ1n) is 24.5. The molecule has 0 aromatic rings. The summed E-state index contributed by atoms with van der Waals surface area (Å²) >= 11 is 0. The molecule has 1 atom stereocenters. The van der Waals surface area contributed by atoms with Gasteiger partial charge in [-0.25, -0.2) is 0 Å². The van der Waals surface area contributed by atoms with Crippen LogP contribution in [-0.2, 0) is 23.8 Å². The van der Waals surface area contributed by atoms with Crippen LogP contribution in [-0.4, -0.2) is 37.9 Å². The van der Waals surface area contributed by atoms with Crippen molar-refractivity contribution in [3.8, 4) is 0 Å². The zero-order valence-corrected chi connectivity index (χ0v) is 38.3. The van der Waals surface area contributed by atoms with E-state index in [1.807, 2.05) is 6.08 Å². The van der Waals surface area contributed by atoms with Crippen LogP contribution >= 0.6 is 0 Å². The van der Waals surface area contributed by atoms with Crippen molar-refractivity contribution in [3.63, 3.8) is 0 Å². The molecule has 0 fully saturated rings. The van der Waals surface area contributed by atoms with E-state index < -0.39 is 6.10 Å². The van der Waals surface area contributed by atoms with E-state index in [2.05, 4.69) is 87.6 Å². The van der Waals surface area contributed by atoms with Crippen LogP contribution in [0.3, 0.4) is 0 Å². The Labute approximate surface area is 359 Å². The molecule has 0 N–H and O–H groups in total. The van der Waals surface area contributed by atoms with Crippen LogP contribution in [0.15, 0.2) is 72.9 Å². The van der Waals surface area contributed by atoms with Gasteiger partial charge in [0, 0.05) is 19.4 Å². The molecule has 58 heavy (non-hydrogen) atoms. The van der Waals surface area contributed by atoms with E-state index in [1.165, 1.54) is 128 Å². The van der Waals surface area contributed by atoms with Crippen molar-refractivity contribution in [1.82, 2.24) is 0 Å². The average Bonchev–Trinajstić information content (AvgIpc) is 3.22. The van der Waals surface area contributed by atoms with Crippen LogP contribution in [0, 0.1) is 0 Å². The van der Waals surface area contributed by atoms with Gasteiger partial charge in [-0.1, -0.05) is 209 Å². The molecule has 0 saturated heterocycles. The number of hydrogen-bond donors (Lipinski definition) is 0. The van der Waals surface area contributed by atoms with E-state index in [-0.39, 0.29) is 25.2 Å². The number of ether oxygens (including phenoxy) is 3. The van der Waals surface area contributed by atoms with Gasteiger partial charge in [-0.2, -0.15) is 0 Å². The molecule has 0 spiro atoms. The van der Waals surface area contributed by atoms with Crippen LogP contribution in [0.5, 0.6) is 0 Å². The average molecular weight is 809 g/mol. The van der Waals surface area contributed by atoms with Crippen LogP contribution < -0.4 is 0 Å². The molecular formula is C53H92O5. The largest absolute Gasteiger partial charge is 0.462 e. The molecule has 0 aliphatic rings. The minimum absolute atomic E-state index is 0.0457. The van der Waals surface area contributed by atoms with E-state index in [0.717, 1.165) is 57.8 Å². The van der Waals surface area contributed by atoms with Gasteiger partial charge in [0.1, 0.15) is 6.61 Å². The van der Waals surface area contributed by atoms with Crippen molar-refractivity contribution in [2.24, 2.45) is 0 Å². The van der Waals surface area contributed by atoms with Crippen molar-refractivity contribution in [3.05, 3.63) is 72.9 Å². The highest BCUT2D eigenvalue weighted by molar-refractivity contribution is 5.70. The fraction of sp³-hybridized carbons (Fsp3) is 0.736. The van der Waals surface area contributed by atoms with Gasteiger partial charge < -0.3 is 14.2 Å². The standard InChI is InChI=1S/C53H92O5/c1-4-7-10-13-16-19-21-23-24-25-26-27-28-29-31-33-36-39-42-45-48-56-49-51(58-53(55)47-44-41-38-34-18-15-12-9-6-3)50-57-52(54)46-43-40-37-35-32-30-22-20-17-14-11-8-5-2/h8,11,16-17,19-20,23-24,30,32,37,40,51H,4-7,9-10,12-15,18,21-22,25-29,31,33-36,38-39,41-50H2,1-3H3/b11-8-,19-16-,20-17-,24-23-,32-30-,40-37-. The fourth-order valence-corrected chi connectivity index (χ4v) is 6.61. The highest BCUT2D eigenvalue weighted by Gasteiger charge is 2.17. The molecule has 334 valence electrons. The Hall–Kier alpha value is -2.66. The first kappa shape index (κ1) is 55.3. The lowest BCUT2D eigenvalue weighted by Crippen LogP contribution is -2.30. The third kappa shape index (κ3) is 46.0. The predicted molar refractivity (Wildman–Crippen MR) is 251 cm³/mol. The lowest BCUT2D eigenvalue weighted by Gasteiger charge is -2.18. The fourth-order valence-electron chi connectivity index (χ4n) is 6.61. The van der Waals surface area contributed by atoms with Gasteiger partial charge in [0.05, 0.1) is 6.61 Å². The number of hydrogen-bond acceptors (Lipinski definition) is 5. The van der Waals surface area contributed by atoms with Crippen LogP contribution in [0.2, 0.25) is 0 Å². The summed E-state index contributed by atoms with van der Waals surface area (Å²) in [4.78, 5) is 25.2. The third-order valence-corrected chi connectivity index (χ3v) is 10.2. The lowest BCUT2D eigenvalue weighted by atomic mass is 10.1. The first-order valence-corrected chi connectivity index (χ1v) is 24.5. The highest BCUT2D eigenvalue weighted by atomic mass is 16.6. The lowest BCUT2D eigenvalue weighted by molar-refractivity contribution is -0.162. The molecule has 0 rings (SSSR count). The van der Waals surface area contributed by atoms with Gasteiger partial charge in [0.2, 0.25) is 0 Å². The van der Waals surface area contributed by atoms with Crippen molar-refractivity contribution in [2.45, 2.75) is 232 Å². The quantitative estimate of drug-likeness (QED) is 0.0348. The first-order chi connectivity index (χ1) is 28.6. The second-order valence-electron chi connectivity index (χ2n) is 16.0. The van der Waals surface area contributed by atoms with Crippen molar-refractivity contribution in [1.29, 1.82) is 0 Å². The van der Waals surface area contributed by atoms with Crippen molar-refractivity contribution in [2.75, 3.05) is 19.8 Å². The molecule has 1 unspecified atom stereocenters. The van der Waals surface area contributed by atoms with Gasteiger partial charge in [-0.15, -0.1) is 0 Å². The molecule has 0 aliphatic carbocycles. The number of carbonyl (C=O) groups is 2. The smallest absolute Gasteiger partial charge is 0.306 e. The highest BCUT2D eigenvalue weighted by Crippen LogP contribution is 2.14. The Morgan fingerprint density at radius 2 is 0.810 bits per heavy atom. The maximum Gasteiger partial charge on any atom is 0.306 e. The van der Waals surface area contributed by atoms with Gasteiger partial charge in [0.25, 0.3) is 0 Å². The molecule has 5 nitrogen and oxygen atoms in total. The summed E-state index contributed by atoms with van der Waals surface area (Å²) in [6.45, 7) is 7.59. The molecule has 0 aromatic carbocycles. The molecule has 0 bridgehead atoms. The molecule has 0 amide bonds. The summed E-state index contributed by atoms with van der Waals surface area (Å²) < 4.78 is 17.3. The Morgan fingerprint density at radius 3 is 1.34 bits per heavy atom. The maximum absolute atomic E-state index is 12.7. The molecule has 0 radical (unpaired) electrons. The Morgan fingerprint density at radius 1 is 0.397 bits per heavy atom. The Bertz CT molecular complexity index is 1050. The SMILES string of the molecule is CC/C=C\C/C=C\C/C=C\C/C=C\CCC(=O)OCC(COCCCCCCCCCCCC/C=C\C/C=C\CCCCC)OC(=O)CCCCCCCCCCC. The van der Waals surface area contributed by atoms with Crippen LogP contribution in [0.4, 0.5) is 0 Å². The number of rotatable bonds is 44. The maximum atomic E-state index is 12.7. The number of allylic oxidation sites excluding steroid dienone is 12. The van der Waals surface area contributed by atoms with Crippen LogP contribution in [0.25, 0.3) is 0 Å². The molecule has 0 heterocycles. The zero-order valence-electron chi connectivity index (χ0n) is 38.3. The zero-order chi connectivity index (χ0) is 42.1. The number of carbonyl (C=O) groups excluding carboxylic acids is 2. The topological polar surface area (TPSA) is 61.8 Å². The molecule has 5 heteroatoms. The minimum Gasteiger partial charge on any atom is -0.462 e.